The van der Waals surface area contributed by atoms with E-state index in [2.05, 4.69) is 67.9 Å². The van der Waals surface area contributed by atoms with Gasteiger partial charge in [-0.1, -0.05) is 27.7 Å². The summed E-state index contributed by atoms with van der Waals surface area (Å²) in [5.74, 6) is 3.17. The van der Waals surface area contributed by atoms with Crippen LogP contribution in [0.5, 0.6) is 0 Å². The second-order valence-electron chi connectivity index (χ2n) is 29.8. The van der Waals surface area contributed by atoms with Crippen LogP contribution in [0.2, 0.25) is 0 Å². The normalized spacial score (nSPS) is 32.1. The van der Waals surface area contributed by atoms with E-state index in [4.69, 9.17) is 57.6 Å². The van der Waals surface area contributed by atoms with Gasteiger partial charge in [0.1, 0.15) is 18.8 Å². The van der Waals surface area contributed by atoms with Gasteiger partial charge >= 0.3 is 36.4 Å². The van der Waals surface area contributed by atoms with Crippen molar-refractivity contribution in [2.45, 2.75) is 322 Å². The van der Waals surface area contributed by atoms with E-state index in [-0.39, 0.29) is 96.0 Å². The summed E-state index contributed by atoms with van der Waals surface area (Å²) in [5, 5.41) is 20.4. The molecule has 17 unspecified atom stereocenters. The summed E-state index contributed by atoms with van der Waals surface area (Å²) in [6, 6.07) is 0. The van der Waals surface area contributed by atoms with Gasteiger partial charge in [-0.3, -0.25) is 33.5 Å². The Bertz CT molecular complexity index is 2940. The molecule has 684 valence electrons. The van der Waals surface area contributed by atoms with Gasteiger partial charge in [-0.2, -0.15) is 11.8 Å². The van der Waals surface area contributed by atoms with Crippen molar-refractivity contribution >= 4 is 96.3 Å². The van der Waals surface area contributed by atoms with Crippen LogP contribution in [0.4, 0.5) is 19.2 Å². The van der Waals surface area contributed by atoms with Crippen LogP contribution in [0.25, 0.3) is 0 Å². The second kappa shape index (κ2) is 61.3. The molecule has 39 heteroatoms. The number of sulfone groups is 2. The van der Waals surface area contributed by atoms with Crippen molar-refractivity contribution in [3.8, 4) is 0 Å². The number of carbonyl (C=O) groups excluding carboxylic acids is 9. The maximum absolute atomic E-state index is 10.9. The number of aliphatic hydroxyl groups is 2. The summed E-state index contributed by atoms with van der Waals surface area (Å²) in [6.45, 7) is 40.0. The molecule has 16 rings (SSSR count). The minimum absolute atomic E-state index is 0.0359. The number of amides is 6. The van der Waals surface area contributed by atoms with Gasteiger partial charge in [0.05, 0.1) is 92.5 Å². The lowest BCUT2D eigenvalue weighted by Gasteiger charge is -2.18. The number of likely N-dealkylation sites (N-methyl/N-ethyl adjacent to an activating group) is 2. The van der Waals surface area contributed by atoms with Gasteiger partial charge in [-0.25, -0.2) is 45.8 Å². The molecule has 17 atom stereocenters. The number of nitrogens with zero attached hydrogens (tertiary/aromatic N) is 2. The molecule has 0 aromatic rings. The summed E-state index contributed by atoms with van der Waals surface area (Å²) < 4.78 is 131. The van der Waals surface area contributed by atoms with Gasteiger partial charge in [-0.15, -0.1) is 0 Å². The van der Waals surface area contributed by atoms with Crippen LogP contribution < -0.4 is 5.32 Å². The zero-order valence-electron chi connectivity index (χ0n) is 72.4. The molecular weight excluding hydrogens is 1620 g/mol. The predicted molar refractivity (Wildman–Crippen MR) is 435 cm³/mol. The average Bonchev–Trinajstić information content (AvgIpc) is 1.70. The number of carbonyl (C=O) groups is 9. The third kappa shape index (κ3) is 50.9. The maximum atomic E-state index is 10.9. The van der Waals surface area contributed by atoms with Crippen LogP contribution in [0.3, 0.4) is 0 Å². The summed E-state index contributed by atoms with van der Waals surface area (Å²) in [6.07, 6.45) is 14.0. The SMILES string of the molecule is CC1CCC(=O)O1.CC1CCC(O)O1.CC1CCCO1.CC1CCCS1.CC1CCCS1(=O)=O.CC1CCCS1(=O)=O.CC1CCCS1=O.CC1CCOC1.CC1CCOC1=O.CC1COC(=O)O1.CC1OC(=O)N(C)C1=O.CC1OC(=O)NC1=O.CC1OCC(CO)O1.CC1OCCCO1.CC1OCCO1.CCN1C(=O)OC(C)C1=O. The van der Waals surface area contributed by atoms with Crippen molar-refractivity contribution in [2.24, 2.45) is 11.8 Å². The first-order valence-electron chi connectivity index (χ1n) is 41.0. The molecule has 16 heterocycles. The molecule has 117 heavy (non-hydrogen) atoms. The molecule has 35 nitrogen and oxygen atoms in total. The van der Waals surface area contributed by atoms with E-state index >= 15 is 0 Å². The first kappa shape index (κ1) is 110. The molecule has 3 N–H and O–H groups in total. The number of aliphatic hydroxyl groups excluding tert-OH is 2. The van der Waals surface area contributed by atoms with E-state index in [0.717, 1.165) is 131 Å². The zero-order valence-corrected chi connectivity index (χ0v) is 75.7. The number of esters is 2. The van der Waals surface area contributed by atoms with Crippen molar-refractivity contribution in [3.63, 3.8) is 0 Å². The largest absolute Gasteiger partial charge is 0.508 e. The van der Waals surface area contributed by atoms with Crippen LogP contribution >= 0.6 is 11.8 Å². The average molecular weight is 1760 g/mol. The highest BCUT2D eigenvalue weighted by molar-refractivity contribution is 8.00. The Hall–Kier alpha value is -5.01. The number of alkyl carbamates (subject to hydrolysis) is 1. The molecule has 0 radical (unpaired) electrons. The van der Waals surface area contributed by atoms with E-state index in [9.17, 15) is 64.2 Å². The van der Waals surface area contributed by atoms with E-state index in [0.29, 0.717) is 55.6 Å². The van der Waals surface area contributed by atoms with Gasteiger partial charge in [0.2, 0.25) is 0 Å². The molecule has 16 aliphatic heterocycles. The number of hydrogen-bond donors (Lipinski definition) is 3. The molecule has 0 aromatic heterocycles. The Morgan fingerprint density at radius 3 is 1.25 bits per heavy atom. The number of nitrogens with one attached hydrogen (secondary N) is 1. The summed E-state index contributed by atoms with van der Waals surface area (Å²) in [7, 11) is -4.32. The van der Waals surface area contributed by atoms with Crippen LogP contribution in [0, 0.1) is 11.8 Å². The molecule has 16 aliphatic rings. The Labute approximate surface area is 701 Å². The van der Waals surface area contributed by atoms with Gasteiger partial charge in [-0.05, 0) is 198 Å². The van der Waals surface area contributed by atoms with Crippen LogP contribution in [0.15, 0.2) is 0 Å². The number of rotatable bonds is 2. The number of thioether (sulfide) groups is 1. The van der Waals surface area contributed by atoms with Crippen molar-refractivity contribution in [3.05, 3.63) is 0 Å². The van der Waals surface area contributed by atoms with Crippen LogP contribution in [-0.2, 0) is 130 Å². The lowest BCUT2D eigenvalue weighted by atomic mass is 10.2. The second-order valence-corrected chi connectivity index (χ2v) is 38.4. The molecule has 0 bridgehead atoms. The summed E-state index contributed by atoms with van der Waals surface area (Å²) in [4.78, 5) is 95.9. The smallest absolute Gasteiger partial charge is 0.465 e. The third-order valence-electron chi connectivity index (χ3n) is 18.8. The fourth-order valence-electron chi connectivity index (χ4n) is 11.1. The molecule has 0 saturated carbocycles. The minimum atomic E-state index is -2.62. The highest BCUT2D eigenvalue weighted by Crippen LogP contribution is 2.25. The quantitative estimate of drug-likeness (QED) is 0.171. The van der Waals surface area contributed by atoms with E-state index in [1.807, 2.05) is 46.9 Å². The number of imide groups is 3. The molecule has 16 fully saturated rings. The summed E-state index contributed by atoms with van der Waals surface area (Å²) in [5.41, 5.74) is 0. The maximum Gasteiger partial charge on any atom is 0.508 e. The number of cyclic esters (lactones) is 7. The Kier molecular flexibility index (Phi) is 57.6. The molecule has 6 amide bonds. The minimum Gasteiger partial charge on any atom is -0.465 e. The topological polar surface area (TPSA) is 446 Å². The molecule has 0 aromatic carbocycles. The first-order valence-corrected chi connectivity index (χ1v) is 46.9. The molecule has 16 saturated heterocycles. The predicted octanol–water partition coefficient (Wildman–Crippen LogP) is 9.43. The van der Waals surface area contributed by atoms with Gasteiger partial charge < -0.3 is 86.0 Å². The highest BCUT2D eigenvalue weighted by atomic mass is 32.2. The number of hydrogen-bond acceptors (Lipinski definition) is 33. The lowest BCUT2D eigenvalue weighted by Crippen LogP contribution is -2.30. The van der Waals surface area contributed by atoms with Crippen molar-refractivity contribution in [1.82, 2.24) is 15.1 Å². The van der Waals surface area contributed by atoms with E-state index < -0.39 is 79.5 Å². The standard InChI is InChI=1S/C6H9NO3.C5H7NO3.C5H10O3.2C5H10O2S.C5H10O2.C5H8O2.C5H10O2.C5H8O2.C5H10OS.2C5H10O.C5H10S.C4H5NO3.C4H6O3.C4H8O2/c1-3-7-5(8)4(2)10-6(7)9;1-3-4(7)6(2)5(8)9-3;1-4-7-3-5(2-6)8-4;2*1-5-3-2-4-8(5,6)7;1-5-6-3-2-4-7-5;1-4-2-3-7-5(4)6;2*1-4-2-3-5(6)7-4;1-5-3-2-4-7(5)6;1-5-2-3-6-4-5;2*1-5-3-2-4-6-5;1-2-3(6)5-4(7)8-2;1-3-2-6-4(5)7-3;1-4-5-2-3-6-4/h4H,3H2,1-2H3;3H,1-2H3;4-6H,2-3H2,1H3;2*5H,2-4H2,1H3;5H,2-4H2,1H3;4H,2-3H2,1H3;4-6H,2-3H2,1H3;4H,2-3H2,1H3;5H,2-4H2,1H3;3*5H,2-4H2,1H3;2H,1H3,(H,5,6,7);3H,2H2,1H3;4H,2-3H2,1H3. The third-order valence-corrected chi connectivity index (χ3v) is 26.6. The lowest BCUT2D eigenvalue weighted by molar-refractivity contribution is -0.167. The van der Waals surface area contributed by atoms with E-state index in [1.54, 1.807) is 41.5 Å². The molecular formula is C78H141N3O32S4. The van der Waals surface area contributed by atoms with Gasteiger partial charge in [0.25, 0.3) is 17.7 Å². The molecule has 0 spiro atoms. The van der Waals surface area contributed by atoms with Gasteiger partial charge in [0.15, 0.2) is 63.1 Å². The monoisotopic (exact) mass is 1760 g/mol. The Morgan fingerprint density at radius 1 is 0.504 bits per heavy atom. The van der Waals surface area contributed by atoms with Crippen LogP contribution in [0.1, 0.15) is 227 Å². The van der Waals surface area contributed by atoms with Crippen LogP contribution in [-0.4, -0.2) is 299 Å². The van der Waals surface area contributed by atoms with Crippen molar-refractivity contribution in [2.75, 3.05) is 109 Å². The van der Waals surface area contributed by atoms with Gasteiger partial charge in [0, 0.05) is 73.3 Å². The van der Waals surface area contributed by atoms with Crippen molar-refractivity contribution in [1.29, 1.82) is 0 Å². The number of ether oxygens (including phenoxy) is 16. The zero-order chi connectivity index (χ0) is 88.4. The molecule has 0 aliphatic carbocycles. The first-order chi connectivity index (χ1) is 55.0. The Morgan fingerprint density at radius 2 is 1.09 bits per heavy atom. The highest BCUT2D eigenvalue weighted by Gasteiger charge is 2.37. The fourth-order valence-corrected chi connectivity index (χ4v) is 16.4. The summed E-state index contributed by atoms with van der Waals surface area (Å²) >= 11 is 2.10. The Balaban J connectivity index is 0.000000625. The van der Waals surface area contributed by atoms with Crippen molar-refractivity contribution < 1.29 is 150 Å². The van der Waals surface area contributed by atoms with E-state index in [1.165, 1.54) is 64.7 Å². The fraction of sp³-hybridized carbons (Fsp3) is 0.885.